The fraction of sp³-hybridized carbons (Fsp3) is 0.200. The van der Waals surface area contributed by atoms with Gasteiger partial charge in [-0.05, 0) is 11.4 Å². The Bertz CT molecular complexity index is 378. The Kier molecular flexibility index (Phi) is 4.05. The molecule has 0 unspecified atom stereocenters. The first-order valence-electron chi connectivity index (χ1n) is 4.19. The van der Waals surface area contributed by atoms with Gasteiger partial charge in [0.15, 0.2) is 5.76 Å². The monoisotopic (exact) mass is 226 g/mol. The van der Waals surface area contributed by atoms with Gasteiger partial charge in [0.25, 0.3) is 0 Å². The van der Waals surface area contributed by atoms with Crippen LogP contribution < -0.4 is 0 Å². The second-order valence-corrected chi connectivity index (χ2v) is 3.61. The smallest absolute Gasteiger partial charge is 0.308 e. The Balaban J connectivity index is 2.83. The molecule has 0 aliphatic rings. The average molecular weight is 226 g/mol. The van der Waals surface area contributed by atoms with Crippen molar-refractivity contribution < 1.29 is 19.1 Å². The molecule has 1 heterocycles. The van der Waals surface area contributed by atoms with Crippen molar-refractivity contribution >= 4 is 29.0 Å². The molecule has 5 heteroatoms. The molecule has 0 aliphatic carbocycles. The maximum Gasteiger partial charge on any atom is 0.308 e. The Hall–Kier alpha value is -1.62. The van der Waals surface area contributed by atoms with E-state index in [4.69, 9.17) is 4.74 Å². The number of ether oxygens (including phenoxy) is 2. The van der Waals surface area contributed by atoms with Crippen LogP contribution in [0.1, 0.15) is 18.7 Å². The van der Waals surface area contributed by atoms with Gasteiger partial charge >= 0.3 is 11.9 Å². The molecule has 0 N–H and O–H groups in total. The van der Waals surface area contributed by atoms with E-state index < -0.39 is 11.9 Å². The lowest BCUT2D eigenvalue weighted by Gasteiger charge is -2.03. The van der Waals surface area contributed by atoms with Gasteiger partial charge in [0.05, 0.1) is 4.88 Å². The van der Waals surface area contributed by atoms with Gasteiger partial charge in [-0.1, -0.05) is 6.07 Å². The maximum atomic E-state index is 10.8. The third-order valence-electron chi connectivity index (χ3n) is 1.35. The zero-order valence-corrected chi connectivity index (χ0v) is 9.17. The summed E-state index contributed by atoms with van der Waals surface area (Å²) in [6.07, 6.45) is 1.13. The molecule has 80 valence electrons. The van der Waals surface area contributed by atoms with Gasteiger partial charge < -0.3 is 9.47 Å². The fourth-order valence-corrected chi connectivity index (χ4v) is 1.51. The molecule has 0 amide bonds. The lowest BCUT2D eigenvalue weighted by Crippen LogP contribution is -1.99. The lowest BCUT2D eigenvalue weighted by atomic mass is 10.4. The molecule has 1 aromatic heterocycles. The highest BCUT2D eigenvalue weighted by molar-refractivity contribution is 7.11. The summed E-state index contributed by atoms with van der Waals surface area (Å²) in [7, 11) is 0. The highest BCUT2D eigenvalue weighted by atomic mass is 32.1. The Morgan fingerprint density at radius 2 is 2.07 bits per heavy atom. The Morgan fingerprint density at radius 1 is 1.33 bits per heavy atom. The summed E-state index contributed by atoms with van der Waals surface area (Å²) in [5.41, 5.74) is 0. The molecular weight excluding hydrogens is 216 g/mol. The van der Waals surface area contributed by atoms with E-state index in [1.807, 2.05) is 11.4 Å². The molecule has 1 rings (SSSR count). The van der Waals surface area contributed by atoms with Gasteiger partial charge in [0.2, 0.25) is 0 Å². The first-order valence-corrected chi connectivity index (χ1v) is 5.07. The second kappa shape index (κ2) is 5.31. The number of rotatable bonds is 3. The molecule has 0 aliphatic heterocycles. The zero-order valence-electron chi connectivity index (χ0n) is 8.35. The topological polar surface area (TPSA) is 52.6 Å². The minimum absolute atomic E-state index is 0.243. The van der Waals surface area contributed by atoms with Crippen molar-refractivity contribution in [3.63, 3.8) is 0 Å². The van der Waals surface area contributed by atoms with Crippen LogP contribution in [0.4, 0.5) is 0 Å². The minimum Gasteiger partial charge on any atom is -0.431 e. The van der Waals surface area contributed by atoms with E-state index in [-0.39, 0.29) is 5.76 Å². The predicted octanol–water partition coefficient (Wildman–Crippen LogP) is 2.17. The van der Waals surface area contributed by atoms with Crippen molar-refractivity contribution in [2.45, 2.75) is 13.8 Å². The van der Waals surface area contributed by atoms with E-state index >= 15 is 0 Å². The highest BCUT2D eigenvalue weighted by Gasteiger charge is 2.08. The summed E-state index contributed by atoms with van der Waals surface area (Å²) < 4.78 is 9.56. The van der Waals surface area contributed by atoms with Crippen molar-refractivity contribution in [2.24, 2.45) is 0 Å². The van der Waals surface area contributed by atoms with Crippen molar-refractivity contribution in [3.05, 3.63) is 28.7 Å². The third-order valence-corrected chi connectivity index (χ3v) is 2.23. The molecule has 0 bridgehead atoms. The number of esters is 2. The molecule has 0 saturated carbocycles. The van der Waals surface area contributed by atoms with Gasteiger partial charge in [0.1, 0.15) is 6.26 Å². The zero-order chi connectivity index (χ0) is 11.3. The molecule has 15 heavy (non-hydrogen) atoms. The molecule has 0 fully saturated rings. The van der Waals surface area contributed by atoms with Crippen molar-refractivity contribution in [2.75, 3.05) is 0 Å². The van der Waals surface area contributed by atoms with Crippen molar-refractivity contribution in [1.29, 1.82) is 0 Å². The van der Waals surface area contributed by atoms with E-state index in [1.165, 1.54) is 25.2 Å². The van der Waals surface area contributed by atoms with Crippen LogP contribution in [0, 0.1) is 0 Å². The molecule has 4 nitrogen and oxygen atoms in total. The SMILES string of the molecule is CC(=O)O/C=C(\OC(C)=O)c1cccs1. The number of hydrogen-bond acceptors (Lipinski definition) is 5. The first-order chi connectivity index (χ1) is 7.09. The van der Waals surface area contributed by atoms with Crippen molar-refractivity contribution in [1.82, 2.24) is 0 Å². The average Bonchev–Trinajstić information content (AvgIpc) is 2.63. The minimum atomic E-state index is -0.462. The normalized spacial score (nSPS) is 10.9. The van der Waals surface area contributed by atoms with Crippen LogP contribution in [0.3, 0.4) is 0 Å². The van der Waals surface area contributed by atoms with Gasteiger partial charge in [-0.25, -0.2) is 0 Å². The van der Waals surface area contributed by atoms with Gasteiger partial charge in [0, 0.05) is 13.8 Å². The first kappa shape index (κ1) is 11.5. The lowest BCUT2D eigenvalue weighted by molar-refractivity contribution is -0.137. The summed E-state index contributed by atoms with van der Waals surface area (Å²) in [5, 5.41) is 1.83. The summed E-state index contributed by atoms with van der Waals surface area (Å²) in [6, 6.07) is 3.58. The van der Waals surface area contributed by atoms with Crippen LogP contribution in [0.25, 0.3) is 5.76 Å². The summed E-state index contributed by atoms with van der Waals surface area (Å²) >= 11 is 1.39. The van der Waals surface area contributed by atoms with Crippen LogP contribution >= 0.6 is 11.3 Å². The van der Waals surface area contributed by atoms with Crippen molar-refractivity contribution in [3.8, 4) is 0 Å². The van der Waals surface area contributed by atoms with E-state index in [0.717, 1.165) is 11.1 Å². The Labute approximate surface area is 91.1 Å². The van der Waals surface area contributed by atoms with Crippen LogP contribution in [-0.2, 0) is 19.1 Å². The van der Waals surface area contributed by atoms with E-state index in [0.29, 0.717) is 0 Å². The summed E-state index contributed by atoms with van der Waals surface area (Å²) in [4.78, 5) is 22.1. The van der Waals surface area contributed by atoms with Gasteiger partial charge in [-0.15, -0.1) is 11.3 Å². The van der Waals surface area contributed by atoms with E-state index in [1.54, 1.807) is 6.07 Å². The highest BCUT2D eigenvalue weighted by Crippen LogP contribution is 2.21. The number of thiophene rings is 1. The van der Waals surface area contributed by atoms with Crippen LogP contribution in [-0.4, -0.2) is 11.9 Å². The number of hydrogen-bond donors (Lipinski definition) is 0. The Morgan fingerprint density at radius 3 is 2.53 bits per heavy atom. The molecular formula is C10H10O4S. The largest absolute Gasteiger partial charge is 0.431 e. The number of carbonyl (C=O) groups excluding carboxylic acids is 2. The molecule has 0 atom stereocenters. The maximum absolute atomic E-state index is 10.8. The van der Waals surface area contributed by atoms with Crippen LogP contribution in [0.15, 0.2) is 23.8 Å². The molecule has 0 spiro atoms. The summed E-state index contributed by atoms with van der Waals surface area (Å²) in [6.45, 7) is 2.56. The standard InChI is InChI=1S/C10H10O4S/c1-7(11)13-6-9(14-8(2)12)10-4-3-5-15-10/h3-6H,1-2H3/b9-6-. The van der Waals surface area contributed by atoms with Gasteiger partial charge in [-0.2, -0.15) is 0 Å². The van der Waals surface area contributed by atoms with E-state index in [9.17, 15) is 9.59 Å². The number of carbonyl (C=O) groups is 2. The molecule has 0 aromatic carbocycles. The molecule has 0 saturated heterocycles. The summed E-state index contributed by atoms with van der Waals surface area (Å²) in [5.74, 6) is -0.675. The van der Waals surface area contributed by atoms with E-state index in [2.05, 4.69) is 4.74 Å². The fourth-order valence-electron chi connectivity index (χ4n) is 0.843. The van der Waals surface area contributed by atoms with Gasteiger partial charge in [-0.3, -0.25) is 9.59 Å². The third kappa shape index (κ3) is 3.95. The predicted molar refractivity (Wildman–Crippen MR) is 55.8 cm³/mol. The van der Waals surface area contributed by atoms with Crippen LogP contribution in [0.5, 0.6) is 0 Å². The second-order valence-electron chi connectivity index (χ2n) is 2.66. The quantitative estimate of drug-likeness (QED) is 0.585. The molecule has 0 radical (unpaired) electrons. The van der Waals surface area contributed by atoms with Crippen LogP contribution in [0.2, 0.25) is 0 Å². The molecule has 1 aromatic rings.